The van der Waals surface area contributed by atoms with E-state index in [1.807, 2.05) is 18.3 Å². The van der Waals surface area contributed by atoms with Crippen molar-refractivity contribution in [3.63, 3.8) is 0 Å². The summed E-state index contributed by atoms with van der Waals surface area (Å²) in [6, 6.07) is 10.1. The van der Waals surface area contributed by atoms with Crippen LogP contribution in [0.15, 0.2) is 30.5 Å². The molecule has 1 aliphatic carbocycles. The minimum absolute atomic E-state index is 0.419. The lowest BCUT2D eigenvalue weighted by Crippen LogP contribution is -2.12. The molecule has 2 aromatic rings. The second-order valence-corrected chi connectivity index (χ2v) is 5.00. The maximum absolute atomic E-state index is 8.83. The quantitative estimate of drug-likeness (QED) is 0.827. The summed E-state index contributed by atoms with van der Waals surface area (Å²) in [6.45, 7) is 2.24. The fraction of sp³-hybridized carbons (Fsp3) is 0.333. The molecule has 0 saturated carbocycles. The Labute approximate surface area is 106 Å². The van der Waals surface area contributed by atoms with Gasteiger partial charge in [0.25, 0.3) is 0 Å². The SMILES string of the molecule is C[C@H]1CC[C@H](c2ccc(C#N)cc2)c2cn[nH]c21. The molecule has 1 aromatic carbocycles. The van der Waals surface area contributed by atoms with Crippen molar-refractivity contribution in [2.24, 2.45) is 0 Å². The number of rotatable bonds is 1. The normalized spacial score (nSPS) is 22.2. The summed E-state index contributed by atoms with van der Waals surface area (Å²) in [7, 11) is 0. The first-order valence-corrected chi connectivity index (χ1v) is 6.33. The zero-order valence-electron chi connectivity index (χ0n) is 10.4. The molecule has 1 aromatic heterocycles. The van der Waals surface area contributed by atoms with Crippen molar-refractivity contribution in [2.45, 2.75) is 31.6 Å². The summed E-state index contributed by atoms with van der Waals surface area (Å²) in [6.07, 6.45) is 4.29. The molecule has 1 heterocycles. The van der Waals surface area contributed by atoms with E-state index in [1.165, 1.54) is 23.2 Å². The summed E-state index contributed by atoms with van der Waals surface area (Å²) < 4.78 is 0. The van der Waals surface area contributed by atoms with E-state index in [-0.39, 0.29) is 0 Å². The number of fused-ring (bicyclic) bond motifs is 1. The van der Waals surface area contributed by atoms with Crippen LogP contribution >= 0.6 is 0 Å². The Balaban J connectivity index is 1.99. The smallest absolute Gasteiger partial charge is 0.0991 e. The van der Waals surface area contributed by atoms with Crippen molar-refractivity contribution in [2.75, 3.05) is 0 Å². The highest BCUT2D eigenvalue weighted by molar-refractivity contribution is 5.40. The van der Waals surface area contributed by atoms with Gasteiger partial charge in [0.05, 0.1) is 17.8 Å². The fourth-order valence-electron chi connectivity index (χ4n) is 2.83. The molecule has 0 unspecified atom stereocenters. The van der Waals surface area contributed by atoms with E-state index in [0.29, 0.717) is 11.8 Å². The molecule has 18 heavy (non-hydrogen) atoms. The van der Waals surface area contributed by atoms with Crippen LogP contribution in [0, 0.1) is 11.3 Å². The largest absolute Gasteiger partial charge is 0.282 e. The van der Waals surface area contributed by atoms with E-state index in [1.54, 1.807) is 0 Å². The van der Waals surface area contributed by atoms with Crippen LogP contribution in [0.2, 0.25) is 0 Å². The Hall–Kier alpha value is -2.08. The lowest BCUT2D eigenvalue weighted by atomic mass is 9.78. The Bertz CT molecular complexity index is 589. The maximum Gasteiger partial charge on any atom is 0.0991 e. The zero-order valence-corrected chi connectivity index (χ0v) is 10.4. The molecule has 0 fully saturated rings. The van der Waals surface area contributed by atoms with Gasteiger partial charge < -0.3 is 0 Å². The van der Waals surface area contributed by atoms with Crippen LogP contribution in [0.4, 0.5) is 0 Å². The fourth-order valence-corrected chi connectivity index (χ4v) is 2.83. The molecule has 3 heteroatoms. The molecule has 90 valence electrons. The van der Waals surface area contributed by atoms with Crippen molar-refractivity contribution in [3.05, 3.63) is 52.8 Å². The van der Waals surface area contributed by atoms with E-state index in [0.717, 1.165) is 12.0 Å². The number of hydrogen-bond acceptors (Lipinski definition) is 2. The van der Waals surface area contributed by atoms with Gasteiger partial charge in [0.2, 0.25) is 0 Å². The van der Waals surface area contributed by atoms with E-state index >= 15 is 0 Å². The third kappa shape index (κ3) is 1.70. The summed E-state index contributed by atoms with van der Waals surface area (Å²) >= 11 is 0. The van der Waals surface area contributed by atoms with Gasteiger partial charge in [-0.3, -0.25) is 5.10 Å². The van der Waals surface area contributed by atoms with Crippen LogP contribution in [0.3, 0.4) is 0 Å². The third-order valence-electron chi connectivity index (χ3n) is 3.90. The van der Waals surface area contributed by atoms with Gasteiger partial charge in [-0.05, 0) is 36.5 Å². The number of nitrogens with zero attached hydrogens (tertiary/aromatic N) is 2. The van der Waals surface area contributed by atoms with Gasteiger partial charge >= 0.3 is 0 Å². The average molecular weight is 237 g/mol. The van der Waals surface area contributed by atoms with E-state index in [4.69, 9.17) is 5.26 Å². The van der Waals surface area contributed by atoms with Crippen LogP contribution in [-0.4, -0.2) is 10.2 Å². The molecule has 0 aliphatic heterocycles. The van der Waals surface area contributed by atoms with Crippen molar-refractivity contribution in [1.82, 2.24) is 10.2 Å². The molecular weight excluding hydrogens is 222 g/mol. The van der Waals surface area contributed by atoms with Crippen LogP contribution in [0.25, 0.3) is 0 Å². The minimum atomic E-state index is 0.419. The molecule has 0 radical (unpaired) electrons. The number of benzene rings is 1. The van der Waals surface area contributed by atoms with Crippen molar-refractivity contribution in [1.29, 1.82) is 5.26 Å². The molecule has 0 spiro atoms. The molecule has 1 N–H and O–H groups in total. The number of aromatic amines is 1. The summed E-state index contributed by atoms with van der Waals surface area (Å²) in [4.78, 5) is 0. The van der Waals surface area contributed by atoms with Crippen LogP contribution in [0.5, 0.6) is 0 Å². The molecule has 0 bridgehead atoms. The van der Waals surface area contributed by atoms with Gasteiger partial charge in [-0.15, -0.1) is 0 Å². The van der Waals surface area contributed by atoms with Crippen LogP contribution in [0.1, 0.15) is 54.0 Å². The van der Waals surface area contributed by atoms with Gasteiger partial charge in [-0.25, -0.2) is 0 Å². The molecule has 3 rings (SSSR count). The molecule has 1 aliphatic rings. The lowest BCUT2D eigenvalue weighted by molar-refractivity contribution is 0.537. The number of H-pyrrole nitrogens is 1. The van der Waals surface area contributed by atoms with Crippen molar-refractivity contribution >= 4 is 0 Å². The first-order valence-electron chi connectivity index (χ1n) is 6.33. The Morgan fingerprint density at radius 1 is 1.28 bits per heavy atom. The third-order valence-corrected chi connectivity index (χ3v) is 3.90. The van der Waals surface area contributed by atoms with Crippen LogP contribution in [-0.2, 0) is 0 Å². The molecule has 2 atom stereocenters. The summed E-state index contributed by atoms with van der Waals surface area (Å²) in [5.74, 6) is 0.986. The minimum Gasteiger partial charge on any atom is -0.282 e. The highest BCUT2D eigenvalue weighted by atomic mass is 15.1. The second kappa shape index (κ2) is 4.30. The molecular formula is C15H15N3. The molecule has 3 nitrogen and oxygen atoms in total. The van der Waals surface area contributed by atoms with Gasteiger partial charge in [-0.1, -0.05) is 19.1 Å². The number of nitrogens with one attached hydrogen (secondary N) is 1. The monoisotopic (exact) mass is 237 g/mol. The Morgan fingerprint density at radius 3 is 2.78 bits per heavy atom. The highest BCUT2D eigenvalue weighted by Crippen LogP contribution is 2.40. The standard InChI is InChI=1S/C15H15N3/c1-10-2-7-13(14-9-17-18-15(10)14)12-5-3-11(8-16)4-6-12/h3-6,9-10,13H,2,7H2,1H3,(H,17,18)/t10-,13+/m0/s1. The predicted octanol–water partition coefficient (Wildman–Crippen LogP) is 3.31. The van der Waals surface area contributed by atoms with Gasteiger partial charge in [-0.2, -0.15) is 10.4 Å². The number of aromatic nitrogens is 2. The molecule has 0 amide bonds. The highest BCUT2D eigenvalue weighted by Gasteiger charge is 2.27. The number of hydrogen-bond donors (Lipinski definition) is 1. The summed E-state index contributed by atoms with van der Waals surface area (Å²) in [5, 5.41) is 16.1. The first kappa shape index (κ1) is 11.0. The van der Waals surface area contributed by atoms with Gasteiger partial charge in [0.15, 0.2) is 0 Å². The van der Waals surface area contributed by atoms with Crippen molar-refractivity contribution in [3.8, 4) is 6.07 Å². The average Bonchev–Trinajstić information content (AvgIpc) is 2.90. The number of nitriles is 1. The predicted molar refractivity (Wildman–Crippen MR) is 69.2 cm³/mol. The second-order valence-electron chi connectivity index (χ2n) is 5.00. The first-order chi connectivity index (χ1) is 8.79. The Kier molecular flexibility index (Phi) is 2.64. The van der Waals surface area contributed by atoms with E-state index in [2.05, 4.69) is 35.3 Å². The molecule has 0 saturated heterocycles. The topological polar surface area (TPSA) is 52.5 Å². The van der Waals surface area contributed by atoms with Gasteiger partial charge in [0, 0.05) is 17.2 Å². The lowest BCUT2D eigenvalue weighted by Gasteiger charge is -2.26. The van der Waals surface area contributed by atoms with E-state index < -0.39 is 0 Å². The zero-order chi connectivity index (χ0) is 12.5. The van der Waals surface area contributed by atoms with E-state index in [9.17, 15) is 0 Å². The van der Waals surface area contributed by atoms with Gasteiger partial charge in [0.1, 0.15) is 0 Å². The summed E-state index contributed by atoms with van der Waals surface area (Å²) in [5.41, 5.74) is 4.59. The van der Waals surface area contributed by atoms with Crippen LogP contribution < -0.4 is 0 Å². The van der Waals surface area contributed by atoms with Crippen molar-refractivity contribution < 1.29 is 0 Å². The Morgan fingerprint density at radius 2 is 2.06 bits per heavy atom. The maximum atomic E-state index is 8.83.